The van der Waals surface area contributed by atoms with Gasteiger partial charge in [0.15, 0.2) is 0 Å². The summed E-state index contributed by atoms with van der Waals surface area (Å²) in [5.41, 5.74) is 0. The van der Waals surface area contributed by atoms with E-state index in [4.69, 9.17) is 10.2 Å². The molecule has 1 unspecified atom stereocenters. The Morgan fingerprint density at radius 1 is 1.43 bits per heavy atom. The van der Waals surface area contributed by atoms with Crippen molar-refractivity contribution in [3.63, 3.8) is 0 Å². The second-order valence-electron chi connectivity index (χ2n) is 4.70. The van der Waals surface area contributed by atoms with Gasteiger partial charge in [0, 0.05) is 26.0 Å². The summed E-state index contributed by atoms with van der Waals surface area (Å²) in [6.07, 6.45) is -5.18. The second kappa shape index (κ2) is 6.74. The molecule has 10 heteroatoms. The van der Waals surface area contributed by atoms with Crippen LogP contribution in [0.4, 0.5) is 13.2 Å². The number of likely N-dealkylation sites (tertiary alicyclic amines) is 1. The van der Waals surface area contributed by atoms with E-state index in [9.17, 15) is 27.6 Å². The minimum Gasteiger partial charge on any atom is -0.480 e. The van der Waals surface area contributed by atoms with Gasteiger partial charge in [-0.15, -0.1) is 0 Å². The first-order valence-corrected chi connectivity index (χ1v) is 6.12. The Balaban J connectivity index is 2.60. The maximum atomic E-state index is 12.2. The fraction of sp³-hybridized carbons (Fsp3) is 0.727. The molecule has 3 N–H and O–H groups in total. The number of carbonyl (C=O) groups excluding carboxylic acids is 2. The number of amides is 2. The Kier molecular flexibility index (Phi) is 5.53. The van der Waals surface area contributed by atoms with E-state index in [2.05, 4.69) is 5.32 Å². The van der Waals surface area contributed by atoms with Gasteiger partial charge in [-0.2, -0.15) is 13.2 Å². The van der Waals surface area contributed by atoms with E-state index in [0.717, 1.165) is 0 Å². The number of nitrogens with zero attached hydrogens (tertiary/aromatic N) is 1. The molecule has 0 spiro atoms. The summed E-state index contributed by atoms with van der Waals surface area (Å²) in [6, 6.07) is -1.34. The molecule has 1 heterocycles. The molecule has 0 saturated carbocycles. The molecule has 21 heavy (non-hydrogen) atoms. The number of aliphatic hydroxyl groups is 1. The van der Waals surface area contributed by atoms with Crippen LogP contribution in [-0.2, 0) is 14.4 Å². The van der Waals surface area contributed by atoms with Gasteiger partial charge >= 0.3 is 12.1 Å². The molecule has 2 atom stereocenters. The molecule has 0 aromatic rings. The Bertz CT molecular complexity index is 427. The third kappa shape index (κ3) is 5.21. The lowest BCUT2D eigenvalue weighted by Gasteiger charge is -2.19. The van der Waals surface area contributed by atoms with Crippen LogP contribution < -0.4 is 5.32 Å². The molecule has 0 radical (unpaired) electrons. The van der Waals surface area contributed by atoms with Crippen LogP contribution in [-0.4, -0.2) is 64.8 Å². The van der Waals surface area contributed by atoms with E-state index in [1.807, 2.05) is 0 Å². The number of alkyl halides is 3. The van der Waals surface area contributed by atoms with Crippen LogP contribution in [0.25, 0.3) is 0 Å². The van der Waals surface area contributed by atoms with Crippen molar-refractivity contribution in [2.24, 2.45) is 5.92 Å². The van der Waals surface area contributed by atoms with Gasteiger partial charge in [0.25, 0.3) is 0 Å². The summed E-state index contributed by atoms with van der Waals surface area (Å²) in [6.45, 7) is -2.31. The molecule has 1 fully saturated rings. The van der Waals surface area contributed by atoms with Crippen LogP contribution in [0.3, 0.4) is 0 Å². The summed E-state index contributed by atoms with van der Waals surface area (Å²) in [4.78, 5) is 34.5. The Hall–Kier alpha value is -1.84. The SMILES string of the molecule is O=C(N[C@H](CCO)C(=O)O)C1CC(=O)N(CC(F)(F)F)C1. The van der Waals surface area contributed by atoms with Crippen LogP contribution in [0.1, 0.15) is 12.8 Å². The van der Waals surface area contributed by atoms with Crippen LogP contribution in [0.5, 0.6) is 0 Å². The van der Waals surface area contributed by atoms with Gasteiger partial charge in [0.2, 0.25) is 11.8 Å². The van der Waals surface area contributed by atoms with Gasteiger partial charge in [0.1, 0.15) is 12.6 Å². The zero-order valence-electron chi connectivity index (χ0n) is 10.9. The first-order valence-electron chi connectivity index (χ1n) is 6.12. The van der Waals surface area contributed by atoms with Crippen LogP contribution in [0.2, 0.25) is 0 Å². The zero-order valence-corrected chi connectivity index (χ0v) is 10.9. The predicted octanol–water partition coefficient (Wildman–Crippen LogP) is -0.651. The lowest BCUT2D eigenvalue weighted by Crippen LogP contribution is -2.45. The number of hydrogen-bond donors (Lipinski definition) is 3. The van der Waals surface area contributed by atoms with Gasteiger partial charge < -0.3 is 20.4 Å². The second-order valence-corrected chi connectivity index (χ2v) is 4.70. The predicted molar refractivity (Wildman–Crippen MR) is 62.0 cm³/mol. The molecule has 2 amide bonds. The molecule has 0 aromatic heterocycles. The molecular weight excluding hydrogens is 297 g/mol. The molecule has 1 rings (SSSR count). The van der Waals surface area contributed by atoms with Crippen molar-refractivity contribution in [3.8, 4) is 0 Å². The number of carbonyl (C=O) groups is 3. The smallest absolute Gasteiger partial charge is 0.406 e. The molecule has 0 aromatic carbocycles. The van der Waals surface area contributed by atoms with Crippen LogP contribution in [0, 0.1) is 5.92 Å². The third-order valence-electron chi connectivity index (χ3n) is 2.99. The average Bonchev–Trinajstić information content (AvgIpc) is 2.68. The van der Waals surface area contributed by atoms with Crippen LogP contribution >= 0.6 is 0 Å². The van der Waals surface area contributed by atoms with E-state index in [1.54, 1.807) is 0 Å². The fourth-order valence-corrected chi connectivity index (χ4v) is 1.99. The highest BCUT2D eigenvalue weighted by molar-refractivity contribution is 5.91. The number of aliphatic carboxylic acids is 1. The number of hydrogen-bond acceptors (Lipinski definition) is 4. The Labute approximate surface area is 117 Å². The molecular formula is C11H15F3N2O5. The van der Waals surface area contributed by atoms with Gasteiger partial charge in [-0.3, -0.25) is 9.59 Å². The van der Waals surface area contributed by atoms with Gasteiger partial charge in [-0.25, -0.2) is 4.79 Å². The van der Waals surface area contributed by atoms with Crippen molar-refractivity contribution < 1.29 is 37.8 Å². The monoisotopic (exact) mass is 312 g/mol. The number of carboxylic acid groups (broad SMARTS) is 1. The van der Waals surface area contributed by atoms with E-state index in [1.165, 1.54) is 0 Å². The quantitative estimate of drug-likeness (QED) is 0.604. The van der Waals surface area contributed by atoms with Crippen molar-refractivity contribution in [1.29, 1.82) is 0 Å². The Morgan fingerprint density at radius 3 is 2.52 bits per heavy atom. The lowest BCUT2D eigenvalue weighted by molar-refractivity contribution is -0.157. The summed E-state index contributed by atoms with van der Waals surface area (Å²) in [5, 5.41) is 19.6. The van der Waals surface area contributed by atoms with Gasteiger partial charge in [-0.05, 0) is 0 Å². The van der Waals surface area contributed by atoms with Gasteiger partial charge in [-0.1, -0.05) is 0 Å². The number of nitrogens with one attached hydrogen (secondary N) is 1. The number of aliphatic hydroxyl groups excluding tert-OH is 1. The van der Waals surface area contributed by atoms with E-state index < -0.39 is 62.0 Å². The average molecular weight is 312 g/mol. The fourth-order valence-electron chi connectivity index (χ4n) is 1.99. The summed E-state index contributed by atoms with van der Waals surface area (Å²) in [5.74, 6) is -4.01. The van der Waals surface area contributed by atoms with Crippen molar-refractivity contribution in [3.05, 3.63) is 0 Å². The summed E-state index contributed by atoms with van der Waals surface area (Å²) >= 11 is 0. The summed E-state index contributed by atoms with van der Waals surface area (Å²) in [7, 11) is 0. The topological polar surface area (TPSA) is 107 Å². The van der Waals surface area contributed by atoms with Crippen molar-refractivity contribution >= 4 is 17.8 Å². The number of halogens is 3. The minimum absolute atomic E-state index is 0.228. The molecule has 7 nitrogen and oxygen atoms in total. The largest absolute Gasteiger partial charge is 0.480 e. The molecule has 0 bridgehead atoms. The van der Waals surface area contributed by atoms with E-state index in [-0.39, 0.29) is 6.42 Å². The third-order valence-corrected chi connectivity index (χ3v) is 2.99. The standard InChI is InChI=1S/C11H15F3N2O5/c12-11(13,14)5-16-4-6(3-8(16)18)9(19)15-7(1-2-17)10(20)21/h6-7,17H,1-5H2,(H,15,19)(H,20,21)/t6?,7-/m1/s1. The molecule has 1 aliphatic heterocycles. The van der Waals surface area contributed by atoms with Crippen molar-refractivity contribution in [2.75, 3.05) is 19.7 Å². The minimum atomic E-state index is -4.55. The molecule has 1 aliphatic rings. The maximum absolute atomic E-state index is 12.2. The normalized spacial score (nSPS) is 20.5. The summed E-state index contributed by atoms with van der Waals surface area (Å²) < 4.78 is 36.7. The first kappa shape index (κ1) is 17.2. The number of rotatable bonds is 6. The first-order chi connectivity index (χ1) is 9.64. The van der Waals surface area contributed by atoms with E-state index in [0.29, 0.717) is 4.90 Å². The zero-order chi connectivity index (χ0) is 16.2. The molecule has 120 valence electrons. The lowest BCUT2D eigenvalue weighted by atomic mass is 10.1. The molecule has 1 saturated heterocycles. The Morgan fingerprint density at radius 2 is 2.05 bits per heavy atom. The molecule has 0 aliphatic carbocycles. The van der Waals surface area contributed by atoms with Crippen molar-refractivity contribution in [1.82, 2.24) is 10.2 Å². The van der Waals surface area contributed by atoms with Crippen LogP contribution in [0.15, 0.2) is 0 Å². The number of carboxylic acids is 1. The van der Waals surface area contributed by atoms with Gasteiger partial charge in [0.05, 0.1) is 5.92 Å². The highest BCUT2D eigenvalue weighted by Crippen LogP contribution is 2.24. The highest BCUT2D eigenvalue weighted by atomic mass is 19.4. The highest BCUT2D eigenvalue weighted by Gasteiger charge is 2.41. The van der Waals surface area contributed by atoms with Crippen molar-refractivity contribution in [2.45, 2.75) is 25.1 Å². The maximum Gasteiger partial charge on any atom is 0.406 e. The van der Waals surface area contributed by atoms with E-state index >= 15 is 0 Å².